The number of aromatic nitrogens is 3. The van der Waals surface area contributed by atoms with E-state index in [2.05, 4.69) is 39.0 Å². The highest BCUT2D eigenvalue weighted by molar-refractivity contribution is 7.11. The third-order valence-corrected chi connectivity index (χ3v) is 5.06. The van der Waals surface area contributed by atoms with E-state index in [1.807, 2.05) is 6.20 Å². The Morgan fingerprint density at radius 3 is 2.95 bits per heavy atom. The first-order valence-corrected chi connectivity index (χ1v) is 8.67. The molecule has 0 aliphatic carbocycles. The van der Waals surface area contributed by atoms with Crippen LogP contribution in [0.4, 0.5) is 5.82 Å². The maximum absolute atomic E-state index is 5.89. The number of piperidine rings is 1. The monoisotopic (exact) mass is 337 g/mol. The molecule has 0 amide bonds. The van der Waals surface area contributed by atoms with Crippen LogP contribution in [-0.2, 0) is 6.54 Å². The average molecular weight is 338 g/mol. The van der Waals surface area contributed by atoms with Gasteiger partial charge in [-0.1, -0.05) is 18.5 Å². The molecule has 1 saturated heterocycles. The van der Waals surface area contributed by atoms with E-state index < -0.39 is 0 Å². The van der Waals surface area contributed by atoms with E-state index in [0.29, 0.717) is 17.1 Å². The minimum Gasteiger partial charge on any atom is -0.366 e. The lowest BCUT2D eigenvalue weighted by atomic mass is 9.94. The Labute approximate surface area is 139 Å². The summed E-state index contributed by atoms with van der Waals surface area (Å²) in [5.74, 6) is 1.31. The van der Waals surface area contributed by atoms with Crippen LogP contribution in [0.2, 0.25) is 5.15 Å². The number of hydrogen-bond acceptors (Lipinski definition) is 6. The largest absolute Gasteiger partial charge is 0.366 e. The predicted octanol–water partition coefficient (Wildman–Crippen LogP) is 3.22. The molecule has 22 heavy (non-hydrogen) atoms. The minimum absolute atomic E-state index is 0.409. The lowest BCUT2D eigenvalue weighted by Gasteiger charge is -2.37. The van der Waals surface area contributed by atoms with Crippen LogP contribution in [0.15, 0.2) is 18.6 Å². The van der Waals surface area contributed by atoms with Gasteiger partial charge in [0, 0.05) is 36.8 Å². The van der Waals surface area contributed by atoms with E-state index in [4.69, 9.17) is 11.6 Å². The Balaban J connectivity index is 1.55. The normalized spacial score (nSPS) is 22.7. The van der Waals surface area contributed by atoms with Crippen LogP contribution in [0.25, 0.3) is 0 Å². The maximum Gasteiger partial charge on any atom is 0.149 e. The summed E-state index contributed by atoms with van der Waals surface area (Å²) in [5.41, 5.74) is 0. The van der Waals surface area contributed by atoms with Crippen LogP contribution in [-0.4, -0.2) is 39.0 Å². The summed E-state index contributed by atoms with van der Waals surface area (Å²) in [6.07, 6.45) is 6.37. The number of nitrogens with one attached hydrogen (secondary N) is 1. The third kappa shape index (κ3) is 3.94. The zero-order valence-electron chi connectivity index (χ0n) is 12.8. The molecule has 0 radical (unpaired) electrons. The first-order chi connectivity index (χ1) is 10.6. The Kier molecular flexibility index (Phi) is 4.90. The maximum atomic E-state index is 5.89. The van der Waals surface area contributed by atoms with Gasteiger partial charge in [-0.05, 0) is 19.3 Å². The number of likely N-dealkylation sites (tertiary alicyclic amines) is 1. The summed E-state index contributed by atoms with van der Waals surface area (Å²) in [6.45, 7) is 7.48. The average Bonchev–Trinajstić information content (AvgIpc) is 2.87. The Morgan fingerprint density at radius 1 is 1.41 bits per heavy atom. The number of hydrogen-bond donors (Lipinski definition) is 1. The first-order valence-electron chi connectivity index (χ1n) is 7.48. The molecule has 1 aliphatic rings. The van der Waals surface area contributed by atoms with E-state index in [0.717, 1.165) is 36.9 Å². The first kappa shape index (κ1) is 15.6. The minimum atomic E-state index is 0.409. The molecule has 2 atom stereocenters. The van der Waals surface area contributed by atoms with E-state index in [-0.39, 0.29) is 0 Å². The summed E-state index contributed by atoms with van der Waals surface area (Å²) in [7, 11) is 0. The molecule has 0 saturated carbocycles. The van der Waals surface area contributed by atoms with E-state index >= 15 is 0 Å². The van der Waals surface area contributed by atoms with Gasteiger partial charge >= 0.3 is 0 Å². The summed E-state index contributed by atoms with van der Waals surface area (Å²) >= 11 is 7.67. The SMILES string of the molecule is Cc1ncc(CN2CC[C@@H](Nc3cncc(Cl)n3)[C@H](C)C2)s1. The molecule has 0 bridgehead atoms. The highest BCUT2D eigenvalue weighted by atomic mass is 35.5. The summed E-state index contributed by atoms with van der Waals surface area (Å²) in [4.78, 5) is 16.5. The van der Waals surface area contributed by atoms with Crippen molar-refractivity contribution in [3.63, 3.8) is 0 Å². The molecule has 1 aliphatic heterocycles. The number of rotatable bonds is 4. The number of anilines is 1. The molecule has 0 spiro atoms. The molecule has 7 heteroatoms. The topological polar surface area (TPSA) is 53.9 Å². The van der Waals surface area contributed by atoms with E-state index in [1.165, 1.54) is 4.88 Å². The van der Waals surface area contributed by atoms with Crippen molar-refractivity contribution < 1.29 is 0 Å². The quantitative estimate of drug-likeness (QED) is 0.928. The Bertz CT molecular complexity index is 632. The van der Waals surface area contributed by atoms with Gasteiger partial charge in [0.2, 0.25) is 0 Å². The van der Waals surface area contributed by atoms with Crippen LogP contribution in [0.3, 0.4) is 0 Å². The molecule has 1 fully saturated rings. The van der Waals surface area contributed by atoms with Gasteiger partial charge in [-0.3, -0.25) is 9.88 Å². The molecule has 118 valence electrons. The molecule has 2 aromatic heterocycles. The van der Waals surface area contributed by atoms with Crippen molar-refractivity contribution in [1.82, 2.24) is 19.9 Å². The molecule has 0 aromatic carbocycles. The van der Waals surface area contributed by atoms with Crippen molar-refractivity contribution in [3.8, 4) is 0 Å². The zero-order valence-corrected chi connectivity index (χ0v) is 14.4. The van der Waals surface area contributed by atoms with Gasteiger partial charge in [0.15, 0.2) is 0 Å². The van der Waals surface area contributed by atoms with Crippen LogP contribution < -0.4 is 5.32 Å². The molecular formula is C15H20ClN5S. The summed E-state index contributed by atoms with van der Waals surface area (Å²) in [5, 5.41) is 5.03. The fourth-order valence-corrected chi connectivity index (χ4v) is 3.88. The summed E-state index contributed by atoms with van der Waals surface area (Å²) < 4.78 is 0. The van der Waals surface area contributed by atoms with Gasteiger partial charge in [-0.25, -0.2) is 9.97 Å². The van der Waals surface area contributed by atoms with Gasteiger partial charge in [-0.2, -0.15) is 0 Å². The highest BCUT2D eigenvalue weighted by Crippen LogP contribution is 2.23. The zero-order chi connectivity index (χ0) is 15.5. The molecule has 3 heterocycles. The van der Waals surface area contributed by atoms with Crippen molar-refractivity contribution >= 4 is 28.8 Å². The van der Waals surface area contributed by atoms with Crippen molar-refractivity contribution in [1.29, 1.82) is 0 Å². The number of nitrogens with zero attached hydrogens (tertiary/aromatic N) is 4. The van der Waals surface area contributed by atoms with Gasteiger partial charge < -0.3 is 5.32 Å². The van der Waals surface area contributed by atoms with Crippen molar-refractivity contribution in [2.75, 3.05) is 18.4 Å². The van der Waals surface area contributed by atoms with Gasteiger partial charge in [0.25, 0.3) is 0 Å². The van der Waals surface area contributed by atoms with Gasteiger partial charge in [0.05, 0.1) is 17.4 Å². The highest BCUT2D eigenvalue weighted by Gasteiger charge is 2.26. The molecule has 5 nitrogen and oxygen atoms in total. The van der Waals surface area contributed by atoms with Crippen LogP contribution in [0.5, 0.6) is 0 Å². The Hall–Kier alpha value is -1.24. The second kappa shape index (κ2) is 6.89. The molecule has 0 unspecified atom stereocenters. The smallest absolute Gasteiger partial charge is 0.149 e. The number of halogens is 1. The second-order valence-electron chi connectivity index (χ2n) is 5.82. The fourth-order valence-electron chi connectivity index (χ4n) is 2.89. The standard InChI is InChI=1S/C15H20ClN5S/c1-10-8-21(9-12-5-18-11(2)22-12)4-3-13(10)19-15-7-17-6-14(16)20-15/h5-7,10,13H,3-4,8-9H2,1-2H3,(H,19,20)/t10-,13-/m1/s1. The fraction of sp³-hybridized carbons (Fsp3) is 0.533. The van der Waals surface area contributed by atoms with Crippen molar-refractivity contribution in [3.05, 3.63) is 33.6 Å². The van der Waals surface area contributed by atoms with Crippen LogP contribution in [0, 0.1) is 12.8 Å². The van der Waals surface area contributed by atoms with Crippen molar-refractivity contribution in [2.24, 2.45) is 5.92 Å². The number of aryl methyl sites for hydroxylation is 1. The van der Waals surface area contributed by atoms with Crippen LogP contribution in [0.1, 0.15) is 23.2 Å². The molecule has 1 N–H and O–H groups in total. The lowest BCUT2D eigenvalue weighted by molar-refractivity contribution is 0.166. The van der Waals surface area contributed by atoms with E-state index in [1.54, 1.807) is 23.7 Å². The summed E-state index contributed by atoms with van der Waals surface area (Å²) in [6, 6.07) is 0.409. The van der Waals surface area contributed by atoms with Crippen molar-refractivity contribution in [2.45, 2.75) is 32.9 Å². The molecule has 2 aromatic rings. The predicted molar refractivity (Wildman–Crippen MR) is 90.4 cm³/mol. The van der Waals surface area contributed by atoms with Gasteiger partial charge in [-0.15, -0.1) is 11.3 Å². The molecular weight excluding hydrogens is 318 g/mol. The van der Waals surface area contributed by atoms with Crippen LogP contribution >= 0.6 is 22.9 Å². The Morgan fingerprint density at radius 2 is 2.27 bits per heavy atom. The third-order valence-electron chi connectivity index (χ3n) is 3.98. The number of thiazole rings is 1. The van der Waals surface area contributed by atoms with E-state index in [9.17, 15) is 0 Å². The second-order valence-corrected chi connectivity index (χ2v) is 7.53. The van der Waals surface area contributed by atoms with Gasteiger partial charge in [0.1, 0.15) is 11.0 Å². The lowest BCUT2D eigenvalue weighted by Crippen LogP contribution is -2.44. The molecule has 3 rings (SSSR count).